The van der Waals surface area contributed by atoms with Crippen LogP contribution in [0.1, 0.15) is 0 Å². The largest absolute Gasteiger partial charge is 0.460 e. The Balaban J connectivity index is 3.94. The van der Waals surface area contributed by atoms with Gasteiger partial charge in [-0.3, -0.25) is 0 Å². The minimum Gasteiger partial charge on any atom is -0.301 e. The minimum atomic E-state index is -8.36. The molecular formula is C10ClF19O. The van der Waals surface area contributed by atoms with E-state index in [0.29, 0.717) is 0 Å². The summed E-state index contributed by atoms with van der Waals surface area (Å²) in [5.41, 5.74) is 0. The lowest BCUT2D eigenvalue weighted by Crippen LogP contribution is -2.69. The molecule has 0 radical (unpaired) electrons. The summed E-state index contributed by atoms with van der Waals surface area (Å²) in [5.74, 6) is -56.6. The average Bonchev–Trinajstić information content (AvgIpc) is 2.61. The Kier molecular flexibility index (Phi) is 5.66. The molecule has 1 fully saturated rings. The molecule has 1 rings (SSSR count). The summed E-state index contributed by atoms with van der Waals surface area (Å²) in [5, 5.41) is -7.28. The van der Waals surface area contributed by atoms with E-state index >= 15 is 0 Å². The van der Waals surface area contributed by atoms with Crippen molar-refractivity contribution in [1.82, 2.24) is 0 Å². The van der Waals surface area contributed by atoms with E-state index in [-0.39, 0.29) is 0 Å². The molecule has 1 aliphatic rings. The third-order valence-corrected chi connectivity index (χ3v) is 4.34. The van der Waals surface area contributed by atoms with Gasteiger partial charge >= 0.3 is 53.7 Å². The molecule has 1 aliphatic heterocycles. The highest BCUT2D eigenvalue weighted by atomic mass is 35.5. The fraction of sp³-hybridized carbons (Fsp3) is 1.00. The first kappa shape index (κ1) is 28.0. The topological polar surface area (TPSA) is 9.23 Å². The van der Waals surface area contributed by atoms with Gasteiger partial charge in [-0.1, -0.05) is 11.6 Å². The summed E-state index contributed by atoms with van der Waals surface area (Å²) >= 11 is 3.80. The highest BCUT2D eigenvalue weighted by Gasteiger charge is 3.03. The standard InChI is InChI=1S/C10ClF19O/c11-1(3(14,15)6(20,21)9(25,26)27)2(12,13)4(16,17)8(24,31-1)5(18,19)7(22,23)10(28,29)30. The van der Waals surface area contributed by atoms with Crippen molar-refractivity contribution in [1.29, 1.82) is 0 Å². The lowest BCUT2D eigenvalue weighted by molar-refractivity contribution is -0.445. The molecule has 2 atom stereocenters. The molecule has 2 unspecified atom stereocenters. The molecule has 0 amide bonds. The van der Waals surface area contributed by atoms with E-state index in [1.807, 2.05) is 0 Å². The molecule has 21 heteroatoms. The Morgan fingerprint density at radius 3 is 1.06 bits per heavy atom. The van der Waals surface area contributed by atoms with Crippen LogP contribution in [0.15, 0.2) is 0 Å². The second-order valence-electron chi connectivity index (χ2n) is 5.73. The van der Waals surface area contributed by atoms with Crippen molar-refractivity contribution in [3.63, 3.8) is 0 Å². The highest BCUT2D eigenvalue weighted by molar-refractivity contribution is 6.25. The second kappa shape index (κ2) is 6.28. The van der Waals surface area contributed by atoms with Crippen molar-refractivity contribution in [2.75, 3.05) is 0 Å². The van der Waals surface area contributed by atoms with Gasteiger partial charge in [-0.25, -0.2) is 0 Å². The van der Waals surface area contributed by atoms with Crippen molar-refractivity contribution in [2.24, 2.45) is 0 Å². The van der Waals surface area contributed by atoms with Crippen molar-refractivity contribution in [2.45, 2.75) is 58.8 Å². The van der Waals surface area contributed by atoms with Crippen molar-refractivity contribution in [3.8, 4) is 0 Å². The first-order chi connectivity index (χ1) is 13.0. The summed E-state index contributed by atoms with van der Waals surface area (Å²) in [4.78, 5) is 0. The zero-order chi connectivity index (χ0) is 25.7. The number of hydrogen-bond acceptors (Lipinski definition) is 1. The van der Waals surface area contributed by atoms with E-state index in [2.05, 4.69) is 11.6 Å². The first-order valence-electron chi connectivity index (χ1n) is 6.44. The van der Waals surface area contributed by atoms with Crippen molar-refractivity contribution < 1.29 is 88.2 Å². The monoisotopic (exact) mass is 532 g/mol. The Morgan fingerprint density at radius 2 is 0.774 bits per heavy atom. The van der Waals surface area contributed by atoms with E-state index in [0.717, 1.165) is 0 Å². The van der Waals surface area contributed by atoms with Gasteiger partial charge in [-0.05, 0) is 0 Å². The van der Waals surface area contributed by atoms with Crippen LogP contribution >= 0.6 is 11.6 Å². The molecule has 0 N–H and O–H groups in total. The third kappa shape index (κ3) is 2.84. The summed E-state index contributed by atoms with van der Waals surface area (Å²) in [6, 6.07) is 0. The van der Waals surface area contributed by atoms with Gasteiger partial charge in [0.25, 0.3) is 5.06 Å². The molecule has 0 aliphatic carbocycles. The molecule has 31 heavy (non-hydrogen) atoms. The molecule has 0 saturated carbocycles. The van der Waals surface area contributed by atoms with Crippen LogP contribution in [0.2, 0.25) is 0 Å². The lowest BCUT2D eigenvalue weighted by atomic mass is 9.91. The number of halogens is 20. The van der Waals surface area contributed by atoms with Crippen LogP contribution in [-0.4, -0.2) is 58.8 Å². The predicted molar refractivity (Wildman–Crippen MR) is 55.3 cm³/mol. The van der Waals surface area contributed by atoms with Crippen LogP contribution in [0, 0.1) is 0 Å². The smallest absolute Gasteiger partial charge is 0.301 e. The SMILES string of the molecule is FC(F)(F)C(F)(F)C(F)(F)C1(F)OC(Cl)(C(F)(F)C(F)(F)C(F)(F)F)C(F)(F)C1(F)F. The lowest BCUT2D eigenvalue weighted by Gasteiger charge is -2.39. The number of rotatable bonds is 4. The van der Waals surface area contributed by atoms with Crippen LogP contribution < -0.4 is 0 Å². The summed E-state index contributed by atoms with van der Waals surface area (Å²) in [7, 11) is 0. The molecule has 186 valence electrons. The summed E-state index contributed by atoms with van der Waals surface area (Å²) < 4.78 is 248. The van der Waals surface area contributed by atoms with Gasteiger partial charge in [0, 0.05) is 0 Å². The van der Waals surface area contributed by atoms with E-state index in [1.165, 1.54) is 0 Å². The highest BCUT2D eigenvalue weighted by Crippen LogP contribution is 2.72. The Labute approximate surface area is 160 Å². The average molecular weight is 533 g/mol. The third-order valence-electron chi connectivity index (χ3n) is 3.79. The maximum Gasteiger partial charge on any atom is 0.460 e. The van der Waals surface area contributed by atoms with Crippen LogP contribution in [0.5, 0.6) is 0 Å². The van der Waals surface area contributed by atoms with Gasteiger partial charge in [0.1, 0.15) is 0 Å². The van der Waals surface area contributed by atoms with E-state index in [1.54, 1.807) is 4.74 Å². The van der Waals surface area contributed by atoms with E-state index in [4.69, 9.17) is 0 Å². The molecule has 0 aromatic heterocycles. The maximum atomic E-state index is 14.0. The summed E-state index contributed by atoms with van der Waals surface area (Å²) in [6.45, 7) is 0. The van der Waals surface area contributed by atoms with Gasteiger partial charge in [-0.15, -0.1) is 0 Å². The zero-order valence-corrected chi connectivity index (χ0v) is 13.7. The Bertz CT molecular complexity index is 660. The zero-order valence-electron chi connectivity index (χ0n) is 13.0. The van der Waals surface area contributed by atoms with Gasteiger partial charge in [0.15, 0.2) is 0 Å². The maximum absolute atomic E-state index is 14.0. The fourth-order valence-corrected chi connectivity index (χ4v) is 2.35. The van der Waals surface area contributed by atoms with Gasteiger partial charge in [0.05, 0.1) is 0 Å². The Hall–Kier alpha value is -1.08. The van der Waals surface area contributed by atoms with Crippen LogP contribution in [0.3, 0.4) is 0 Å². The molecule has 1 nitrogen and oxygen atoms in total. The van der Waals surface area contributed by atoms with Crippen molar-refractivity contribution >= 4 is 11.6 Å². The first-order valence-corrected chi connectivity index (χ1v) is 6.82. The molecule has 0 aromatic rings. The normalized spacial score (nSPS) is 30.6. The van der Waals surface area contributed by atoms with E-state index < -0.39 is 58.8 Å². The molecule has 0 spiro atoms. The van der Waals surface area contributed by atoms with Gasteiger partial charge < -0.3 is 4.74 Å². The number of ether oxygens (including phenoxy) is 1. The molecule has 0 aromatic carbocycles. The van der Waals surface area contributed by atoms with Crippen molar-refractivity contribution in [3.05, 3.63) is 0 Å². The van der Waals surface area contributed by atoms with Crippen LogP contribution in [0.25, 0.3) is 0 Å². The predicted octanol–water partition coefficient (Wildman–Crippen LogP) is 6.55. The van der Waals surface area contributed by atoms with Gasteiger partial charge in [0.2, 0.25) is 0 Å². The molecule has 1 saturated heterocycles. The number of hydrogen-bond donors (Lipinski definition) is 0. The summed E-state index contributed by atoms with van der Waals surface area (Å²) in [6.07, 6.45) is -15.5. The quantitative estimate of drug-likeness (QED) is 0.295. The minimum absolute atomic E-state index is 1.80. The molecule has 0 bridgehead atoms. The second-order valence-corrected chi connectivity index (χ2v) is 6.27. The van der Waals surface area contributed by atoms with Crippen LogP contribution in [-0.2, 0) is 4.74 Å². The number of alkyl halides is 20. The van der Waals surface area contributed by atoms with Gasteiger partial charge in [-0.2, -0.15) is 83.4 Å². The molecule has 1 heterocycles. The Morgan fingerprint density at radius 1 is 0.484 bits per heavy atom. The van der Waals surface area contributed by atoms with E-state index in [9.17, 15) is 83.4 Å². The molecular weight excluding hydrogens is 533 g/mol. The van der Waals surface area contributed by atoms with Crippen LogP contribution in [0.4, 0.5) is 83.4 Å². The fourth-order valence-electron chi connectivity index (χ4n) is 2.01.